The highest BCUT2D eigenvalue weighted by atomic mass is 16.3. The predicted molar refractivity (Wildman–Crippen MR) is 113 cm³/mol. The summed E-state index contributed by atoms with van der Waals surface area (Å²) in [4.78, 5) is 19.7. The van der Waals surface area contributed by atoms with Crippen molar-refractivity contribution < 1.29 is 9.90 Å². The highest BCUT2D eigenvalue weighted by Crippen LogP contribution is 2.25. The molecule has 2 fully saturated rings. The number of hydrogen-bond acceptors (Lipinski definition) is 4. The van der Waals surface area contributed by atoms with E-state index < -0.39 is 0 Å². The number of aliphatic hydroxyl groups is 1. The molecule has 1 atom stereocenters. The third kappa shape index (κ3) is 6.03. The summed E-state index contributed by atoms with van der Waals surface area (Å²) in [7, 11) is 1.88. The highest BCUT2D eigenvalue weighted by molar-refractivity contribution is 5.78. The fourth-order valence-corrected chi connectivity index (χ4v) is 4.71. The van der Waals surface area contributed by atoms with Crippen LogP contribution in [0.5, 0.6) is 0 Å². The molecule has 28 heavy (non-hydrogen) atoms. The number of amides is 1. The quantitative estimate of drug-likeness (QED) is 0.743. The van der Waals surface area contributed by atoms with Crippen molar-refractivity contribution in [1.82, 2.24) is 14.7 Å². The van der Waals surface area contributed by atoms with Crippen molar-refractivity contribution in [1.29, 1.82) is 0 Å². The molecule has 0 aliphatic carbocycles. The average molecular weight is 388 g/mol. The second kappa shape index (κ2) is 10.9. The van der Waals surface area contributed by atoms with Crippen LogP contribution in [0.15, 0.2) is 30.3 Å². The zero-order valence-corrected chi connectivity index (χ0v) is 17.4. The van der Waals surface area contributed by atoms with E-state index in [0.717, 1.165) is 38.9 Å². The lowest BCUT2D eigenvalue weighted by atomic mass is 9.92. The van der Waals surface area contributed by atoms with Gasteiger partial charge in [0.1, 0.15) is 0 Å². The smallest absolute Gasteiger partial charge is 0.226 e. The summed E-state index contributed by atoms with van der Waals surface area (Å²) in [6.45, 7) is 6.35. The Labute approximate surface area is 170 Å². The maximum Gasteiger partial charge on any atom is 0.226 e. The van der Waals surface area contributed by atoms with Crippen LogP contribution >= 0.6 is 0 Å². The molecule has 5 nitrogen and oxygen atoms in total. The fourth-order valence-electron chi connectivity index (χ4n) is 4.71. The van der Waals surface area contributed by atoms with Gasteiger partial charge in [-0.1, -0.05) is 30.3 Å². The lowest BCUT2D eigenvalue weighted by Crippen LogP contribution is -2.51. The number of piperidine rings is 2. The lowest BCUT2D eigenvalue weighted by Gasteiger charge is -2.42. The second-order valence-corrected chi connectivity index (χ2v) is 8.48. The third-order valence-corrected chi connectivity index (χ3v) is 6.46. The minimum atomic E-state index is 0.133. The Morgan fingerprint density at radius 1 is 1.14 bits per heavy atom. The first-order valence-corrected chi connectivity index (χ1v) is 11.0. The van der Waals surface area contributed by atoms with E-state index >= 15 is 0 Å². The van der Waals surface area contributed by atoms with E-state index in [1.54, 1.807) is 0 Å². The number of aliphatic hydroxyl groups excluding tert-OH is 1. The molecular weight excluding hydrogens is 350 g/mol. The van der Waals surface area contributed by atoms with Gasteiger partial charge in [-0.25, -0.2) is 0 Å². The molecule has 5 heteroatoms. The first-order chi connectivity index (χ1) is 13.7. The molecule has 156 valence electrons. The first kappa shape index (κ1) is 21.3. The normalized spacial score (nSPS) is 22.3. The molecule has 2 heterocycles. The Kier molecular flexibility index (Phi) is 8.31. The minimum Gasteiger partial charge on any atom is -0.396 e. The van der Waals surface area contributed by atoms with Gasteiger partial charge < -0.3 is 14.9 Å². The second-order valence-electron chi connectivity index (χ2n) is 8.48. The number of nitrogens with zero attached hydrogens (tertiary/aromatic N) is 3. The summed E-state index contributed by atoms with van der Waals surface area (Å²) in [6, 6.07) is 11.4. The first-order valence-electron chi connectivity index (χ1n) is 11.0. The van der Waals surface area contributed by atoms with Crippen molar-refractivity contribution in [2.75, 3.05) is 52.9 Å². The van der Waals surface area contributed by atoms with Crippen LogP contribution in [0.3, 0.4) is 0 Å². The molecule has 0 radical (unpaired) electrons. The molecule has 0 saturated carbocycles. The van der Waals surface area contributed by atoms with Gasteiger partial charge in [0.15, 0.2) is 0 Å². The summed E-state index contributed by atoms with van der Waals surface area (Å²) < 4.78 is 0. The van der Waals surface area contributed by atoms with Gasteiger partial charge in [-0.05, 0) is 63.7 Å². The van der Waals surface area contributed by atoms with Crippen molar-refractivity contribution >= 4 is 5.91 Å². The topological polar surface area (TPSA) is 47.0 Å². The van der Waals surface area contributed by atoms with Gasteiger partial charge in [0.05, 0.1) is 5.92 Å². The van der Waals surface area contributed by atoms with E-state index in [4.69, 9.17) is 5.11 Å². The van der Waals surface area contributed by atoms with Crippen molar-refractivity contribution in [2.24, 2.45) is 5.92 Å². The molecule has 2 aliphatic rings. The van der Waals surface area contributed by atoms with Gasteiger partial charge in [0.25, 0.3) is 0 Å². The van der Waals surface area contributed by atoms with Gasteiger partial charge in [-0.2, -0.15) is 0 Å². The maximum absolute atomic E-state index is 12.7. The van der Waals surface area contributed by atoms with Crippen LogP contribution in [0.2, 0.25) is 0 Å². The van der Waals surface area contributed by atoms with Crippen LogP contribution in [0.1, 0.15) is 37.7 Å². The van der Waals surface area contributed by atoms with E-state index in [-0.39, 0.29) is 18.4 Å². The number of rotatable bonds is 8. The zero-order valence-electron chi connectivity index (χ0n) is 17.4. The number of carbonyl (C=O) groups excluding carboxylic acids is 1. The van der Waals surface area contributed by atoms with E-state index in [1.807, 2.05) is 11.9 Å². The third-order valence-electron chi connectivity index (χ3n) is 6.46. The fraction of sp³-hybridized carbons (Fsp3) is 0.696. The van der Waals surface area contributed by atoms with Crippen molar-refractivity contribution in [2.45, 2.75) is 44.6 Å². The van der Waals surface area contributed by atoms with Crippen LogP contribution in [-0.4, -0.2) is 84.7 Å². The van der Waals surface area contributed by atoms with Crippen LogP contribution in [0.4, 0.5) is 0 Å². The van der Waals surface area contributed by atoms with Crippen LogP contribution in [0, 0.1) is 5.92 Å². The summed E-state index contributed by atoms with van der Waals surface area (Å²) in [5.74, 6) is 0.395. The largest absolute Gasteiger partial charge is 0.396 e. The highest BCUT2D eigenvalue weighted by Gasteiger charge is 2.32. The Morgan fingerprint density at radius 2 is 1.89 bits per heavy atom. The molecule has 1 aromatic rings. The monoisotopic (exact) mass is 387 g/mol. The minimum absolute atomic E-state index is 0.133. The number of carbonyl (C=O) groups is 1. The average Bonchev–Trinajstić information content (AvgIpc) is 2.76. The standard InChI is InChI=1S/C23H37N3O2/c1-24(13-6-18-27)23(28)21-9-5-14-26(19-21)22-11-16-25(17-12-22)15-10-20-7-3-2-4-8-20/h2-4,7-8,21-22,27H,5-6,9-19H2,1H3/t21-/m0/s1. The summed E-state index contributed by atoms with van der Waals surface area (Å²) in [5, 5.41) is 8.99. The van der Waals surface area contributed by atoms with Crippen LogP contribution in [0.25, 0.3) is 0 Å². The van der Waals surface area contributed by atoms with E-state index in [1.165, 1.54) is 31.5 Å². The number of likely N-dealkylation sites (tertiary alicyclic amines) is 2. The molecule has 1 amide bonds. The Hall–Kier alpha value is -1.43. The molecule has 3 rings (SSSR count). The zero-order chi connectivity index (χ0) is 19.8. The van der Waals surface area contributed by atoms with Gasteiger partial charge >= 0.3 is 0 Å². The van der Waals surface area contributed by atoms with Crippen LogP contribution < -0.4 is 0 Å². The van der Waals surface area contributed by atoms with Gasteiger partial charge in [0.2, 0.25) is 5.91 Å². The summed E-state index contributed by atoms with van der Waals surface area (Å²) in [6.07, 6.45) is 6.37. The molecular formula is C23H37N3O2. The SMILES string of the molecule is CN(CCCO)C(=O)[C@H]1CCCN(C2CCN(CCc3ccccc3)CC2)C1. The molecule has 0 bridgehead atoms. The molecule has 0 aromatic heterocycles. The number of benzene rings is 1. The summed E-state index contributed by atoms with van der Waals surface area (Å²) >= 11 is 0. The predicted octanol–water partition coefficient (Wildman–Crippen LogP) is 2.25. The molecule has 2 saturated heterocycles. The van der Waals surface area contributed by atoms with E-state index in [9.17, 15) is 4.79 Å². The van der Waals surface area contributed by atoms with Crippen molar-refractivity contribution in [3.05, 3.63) is 35.9 Å². The lowest BCUT2D eigenvalue weighted by molar-refractivity contribution is -0.136. The Bertz CT molecular complexity index is 587. The van der Waals surface area contributed by atoms with Gasteiger partial charge in [-0.3, -0.25) is 9.69 Å². The van der Waals surface area contributed by atoms with Crippen LogP contribution in [-0.2, 0) is 11.2 Å². The van der Waals surface area contributed by atoms with Gasteiger partial charge in [-0.15, -0.1) is 0 Å². The Morgan fingerprint density at radius 3 is 2.61 bits per heavy atom. The van der Waals surface area contributed by atoms with E-state index in [2.05, 4.69) is 40.1 Å². The number of hydrogen-bond donors (Lipinski definition) is 1. The molecule has 2 aliphatic heterocycles. The van der Waals surface area contributed by atoms with Gasteiger partial charge in [0, 0.05) is 39.3 Å². The Balaban J connectivity index is 1.41. The van der Waals surface area contributed by atoms with Crippen molar-refractivity contribution in [3.63, 3.8) is 0 Å². The maximum atomic E-state index is 12.7. The van der Waals surface area contributed by atoms with Crippen molar-refractivity contribution in [3.8, 4) is 0 Å². The molecule has 0 unspecified atom stereocenters. The molecule has 1 N–H and O–H groups in total. The van der Waals surface area contributed by atoms with E-state index in [0.29, 0.717) is 19.0 Å². The molecule has 0 spiro atoms. The molecule has 1 aromatic carbocycles. The summed E-state index contributed by atoms with van der Waals surface area (Å²) in [5.41, 5.74) is 1.42.